The molecule has 0 amide bonds. The molecule has 0 aliphatic carbocycles. The SMILES string of the molecule is CCOC(=O)C1=C2CCCN2CC=C1Cl. The molecule has 0 aromatic carbocycles. The second-order valence-electron chi connectivity index (χ2n) is 3.64. The summed E-state index contributed by atoms with van der Waals surface area (Å²) in [5.74, 6) is -0.291. The maximum absolute atomic E-state index is 11.7. The number of rotatable bonds is 2. The fraction of sp³-hybridized carbons (Fsp3) is 0.545. The molecule has 0 spiro atoms. The summed E-state index contributed by atoms with van der Waals surface area (Å²) in [5.41, 5.74) is 1.63. The molecule has 2 rings (SSSR count). The molecule has 0 unspecified atom stereocenters. The largest absolute Gasteiger partial charge is 0.462 e. The molecule has 0 bridgehead atoms. The van der Waals surface area contributed by atoms with Crippen molar-refractivity contribution in [3.05, 3.63) is 22.4 Å². The molecule has 15 heavy (non-hydrogen) atoms. The van der Waals surface area contributed by atoms with Gasteiger partial charge in [0.1, 0.15) is 0 Å². The molecule has 2 aliphatic rings. The summed E-state index contributed by atoms with van der Waals surface area (Å²) in [6, 6.07) is 0. The van der Waals surface area contributed by atoms with Crippen molar-refractivity contribution in [3.63, 3.8) is 0 Å². The van der Waals surface area contributed by atoms with Crippen molar-refractivity contribution >= 4 is 17.6 Å². The van der Waals surface area contributed by atoms with Crippen LogP contribution < -0.4 is 0 Å². The Hall–Kier alpha value is -0.960. The highest BCUT2D eigenvalue weighted by atomic mass is 35.5. The molecule has 3 nitrogen and oxygen atoms in total. The monoisotopic (exact) mass is 227 g/mol. The number of hydrogen-bond donors (Lipinski definition) is 0. The Labute approximate surface area is 94.3 Å². The summed E-state index contributed by atoms with van der Waals surface area (Å²) in [7, 11) is 0. The zero-order valence-corrected chi connectivity index (χ0v) is 9.51. The highest BCUT2D eigenvalue weighted by Gasteiger charge is 2.29. The molecule has 1 saturated heterocycles. The first-order chi connectivity index (χ1) is 7.24. The molecule has 2 aliphatic heterocycles. The Morgan fingerprint density at radius 2 is 2.47 bits per heavy atom. The van der Waals surface area contributed by atoms with E-state index in [0.717, 1.165) is 31.6 Å². The number of esters is 1. The zero-order chi connectivity index (χ0) is 10.8. The van der Waals surface area contributed by atoms with Crippen molar-refractivity contribution in [2.75, 3.05) is 19.7 Å². The minimum Gasteiger partial charge on any atom is -0.462 e. The highest BCUT2D eigenvalue weighted by molar-refractivity contribution is 6.35. The van der Waals surface area contributed by atoms with E-state index in [1.54, 1.807) is 6.92 Å². The Morgan fingerprint density at radius 1 is 1.67 bits per heavy atom. The van der Waals surface area contributed by atoms with Gasteiger partial charge in [0.2, 0.25) is 0 Å². The van der Waals surface area contributed by atoms with Crippen LogP contribution in [-0.4, -0.2) is 30.6 Å². The van der Waals surface area contributed by atoms with Crippen LogP contribution in [0.2, 0.25) is 0 Å². The van der Waals surface area contributed by atoms with Crippen molar-refractivity contribution in [2.45, 2.75) is 19.8 Å². The average molecular weight is 228 g/mol. The number of hydrogen-bond acceptors (Lipinski definition) is 3. The van der Waals surface area contributed by atoms with Gasteiger partial charge in [-0.3, -0.25) is 0 Å². The number of allylic oxidation sites excluding steroid dienone is 1. The Morgan fingerprint density at radius 3 is 3.20 bits per heavy atom. The first kappa shape index (κ1) is 10.6. The fourth-order valence-electron chi connectivity index (χ4n) is 2.06. The van der Waals surface area contributed by atoms with Gasteiger partial charge in [-0.05, 0) is 25.8 Å². The Balaban J connectivity index is 2.31. The van der Waals surface area contributed by atoms with Crippen LogP contribution in [0.25, 0.3) is 0 Å². The predicted molar refractivity (Wildman–Crippen MR) is 58.4 cm³/mol. The summed E-state index contributed by atoms with van der Waals surface area (Å²) in [6.45, 7) is 4.02. The summed E-state index contributed by atoms with van der Waals surface area (Å²) >= 11 is 6.06. The summed E-state index contributed by atoms with van der Waals surface area (Å²) < 4.78 is 5.01. The quantitative estimate of drug-likeness (QED) is 0.677. The van der Waals surface area contributed by atoms with E-state index in [2.05, 4.69) is 4.90 Å². The maximum atomic E-state index is 11.7. The van der Waals surface area contributed by atoms with E-state index in [0.29, 0.717) is 17.2 Å². The van der Waals surface area contributed by atoms with Gasteiger partial charge in [-0.1, -0.05) is 11.6 Å². The standard InChI is InChI=1S/C11H14ClNO2/c1-2-15-11(14)10-8(12)5-7-13-6-3-4-9(10)13/h5H,2-4,6-7H2,1H3. The van der Waals surface area contributed by atoms with Gasteiger partial charge in [-0.2, -0.15) is 0 Å². The second-order valence-corrected chi connectivity index (χ2v) is 4.05. The third-order valence-electron chi connectivity index (χ3n) is 2.72. The molecule has 0 N–H and O–H groups in total. The molecule has 0 aromatic heterocycles. The van der Waals surface area contributed by atoms with Gasteiger partial charge >= 0.3 is 5.97 Å². The molecule has 4 heteroatoms. The van der Waals surface area contributed by atoms with Gasteiger partial charge in [0, 0.05) is 18.8 Å². The highest BCUT2D eigenvalue weighted by Crippen LogP contribution is 2.33. The van der Waals surface area contributed by atoms with E-state index in [9.17, 15) is 4.79 Å². The molecule has 1 fully saturated rings. The maximum Gasteiger partial charge on any atom is 0.341 e. The van der Waals surface area contributed by atoms with Gasteiger partial charge in [-0.25, -0.2) is 4.79 Å². The zero-order valence-electron chi connectivity index (χ0n) is 8.75. The average Bonchev–Trinajstić information content (AvgIpc) is 2.65. The number of fused-ring (bicyclic) bond motifs is 1. The lowest BCUT2D eigenvalue weighted by Gasteiger charge is -2.25. The van der Waals surface area contributed by atoms with E-state index in [1.807, 2.05) is 6.08 Å². The van der Waals surface area contributed by atoms with Crippen molar-refractivity contribution in [1.29, 1.82) is 0 Å². The van der Waals surface area contributed by atoms with E-state index in [-0.39, 0.29) is 5.97 Å². The number of halogens is 1. The summed E-state index contributed by atoms with van der Waals surface area (Å²) in [4.78, 5) is 13.9. The lowest BCUT2D eigenvalue weighted by molar-refractivity contribution is -0.138. The third kappa shape index (κ3) is 1.88. The van der Waals surface area contributed by atoms with Gasteiger partial charge in [0.25, 0.3) is 0 Å². The normalized spacial score (nSPS) is 20.1. The van der Waals surface area contributed by atoms with Crippen LogP contribution in [0, 0.1) is 0 Å². The van der Waals surface area contributed by atoms with Gasteiger partial charge in [0.15, 0.2) is 0 Å². The molecule has 0 aromatic rings. The molecular formula is C11H14ClNO2. The molecule has 0 atom stereocenters. The third-order valence-corrected chi connectivity index (χ3v) is 3.06. The van der Waals surface area contributed by atoms with Crippen molar-refractivity contribution in [2.24, 2.45) is 0 Å². The van der Waals surface area contributed by atoms with Crippen LogP contribution in [0.3, 0.4) is 0 Å². The van der Waals surface area contributed by atoms with Crippen molar-refractivity contribution in [3.8, 4) is 0 Å². The first-order valence-corrected chi connectivity index (χ1v) is 5.63. The predicted octanol–water partition coefficient (Wildman–Crippen LogP) is 2.04. The van der Waals surface area contributed by atoms with E-state index in [4.69, 9.17) is 16.3 Å². The number of carbonyl (C=O) groups is 1. The van der Waals surface area contributed by atoms with E-state index in [1.165, 1.54) is 0 Å². The van der Waals surface area contributed by atoms with Gasteiger partial charge in [-0.15, -0.1) is 0 Å². The lowest BCUT2D eigenvalue weighted by Crippen LogP contribution is -2.25. The number of carbonyl (C=O) groups excluding carboxylic acids is 1. The number of ether oxygens (including phenoxy) is 1. The van der Waals surface area contributed by atoms with Crippen LogP contribution in [-0.2, 0) is 9.53 Å². The molecule has 82 valence electrons. The van der Waals surface area contributed by atoms with Crippen LogP contribution in [0.4, 0.5) is 0 Å². The molecular weight excluding hydrogens is 214 g/mol. The first-order valence-electron chi connectivity index (χ1n) is 5.25. The van der Waals surface area contributed by atoms with Crippen molar-refractivity contribution in [1.82, 2.24) is 4.90 Å². The van der Waals surface area contributed by atoms with Gasteiger partial charge in [0.05, 0.1) is 17.2 Å². The second kappa shape index (κ2) is 4.27. The Kier molecular flexibility index (Phi) is 3.00. The van der Waals surface area contributed by atoms with Crippen molar-refractivity contribution < 1.29 is 9.53 Å². The van der Waals surface area contributed by atoms with E-state index < -0.39 is 0 Å². The smallest absolute Gasteiger partial charge is 0.341 e. The topological polar surface area (TPSA) is 29.5 Å². The van der Waals surface area contributed by atoms with Crippen LogP contribution in [0.5, 0.6) is 0 Å². The van der Waals surface area contributed by atoms with Crippen LogP contribution >= 0.6 is 11.6 Å². The fourth-order valence-corrected chi connectivity index (χ4v) is 2.32. The number of nitrogens with zero attached hydrogens (tertiary/aromatic N) is 1. The summed E-state index contributed by atoms with van der Waals surface area (Å²) in [5, 5.41) is 0.543. The summed E-state index contributed by atoms with van der Waals surface area (Å²) in [6.07, 6.45) is 3.90. The minimum atomic E-state index is -0.291. The molecule has 0 radical (unpaired) electrons. The van der Waals surface area contributed by atoms with Gasteiger partial charge < -0.3 is 9.64 Å². The molecule has 2 heterocycles. The molecule has 0 saturated carbocycles. The van der Waals surface area contributed by atoms with E-state index >= 15 is 0 Å². The van der Waals surface area contributed by atoms with Crippen LogP contribution in [0.15, 0.2) is 22.4 Å². The Bertz CT molecular complexity index is 346. The van der Waals surface area contributed by atoms with Crippen LogP contribution in [0.1, 0.15) is 19.8 Å². The minimum absolute atomic E-state index is 0.291. The lowest BCUT2D eigenvalue weighted by atomic mass is 10.1.